The van der Waals surface area contributed by atoms with E-state index in [1.54, 1.807) is 34.9 Å². The lowest BCUT2D eigenvalue weighted by Crippen LogP contribution is -2.31. The normalized spacial score (nSPS) is 12.1. The monoisotopic (exact) mass is 292 g/mol. The van der Waals surface area contributed by atoms with Gasteiger partial charge in [-0.15, -0.1) is 0 Å². The molecule has 0 aliphatic heterocycles. The SMILES string of the molecule is COCCn1ccc(NC(=O)NC(C)c2cnn(C)c2)n1. The van der Waals surface area contributed by atoms with E-state index in [1.807, 2.05) is 20.2 Å². The van der Waals surface area contributed by atoms with Gasteiger partial charge in [0.25, 0.3) is 0 Å². The number of anilines is 1. The maximum Gasteiger partial charge on any atom is 0.320 e. The van der Waals surface area contributed by atoms with E-state index in [2.05, 4.69) is 20.8 Å². The molecule has 0 fully saturated rings. The number of amides is 2. The van der Waals surface area contributed by atoms with E-state index < -0.39 is 0 Å². The zero-order valence-electron chi connectivity index (χ0n) is 12.4. The highest BCUT2D eigenvalue weighted by Crippen LogP contribution is 2.10. The number of aromatic nitrogens is 4. The highest BCUT2D eigenvalue weighted by Gasteiger charge is 2.12. The van der Waals surface area contributed by atoms with Crippen molar-refractivity contribution in [3.8, 4) is 0 Å². The van der Waals surface area contributed by atoms with E-state index in [-0.39, 0.29) is 12.1 Å². The molecule has 2 aromatic rings. The van der Waals surface area contributed by atoms with Gasteiger partial charge in [-0.3, -0.25) is 14.7 Å². The predicted octanol–water partition coefficient (Wildman–Crippen LogP) is 1.15. The average molecular weight is 292 g/mol. The van der Waals surface area contributed by atoms with Crippen LogP contribution in [-0.4, -0.2) is 39.3 Å². The lowest BCUT2D eigenvalue weighted by molar-refractivity contribution is 0.183. The Bertz CT molecular complexity index is 591. The van der Waals surface area contributed by atoms with Crippen LogP contribution in [0.1, 0.15) is 18.5 Å². The summed E-state index contributed by atoms with van der Waals surface area (Å²) in [5, 5.41) is 13.8. The average Bonchev–Trinajstić information content (AvgIpc) is 3.05. The van der Waals surface area contributed by atoms with E-state index in [9.17, 15) is 4.79 Å². The van der Waals surface area contributed by atoms with Crippen molar-refractivity contribution in [3.05, 3.63) is 30.2 Å². The number of urea groups is 1. The van der Waals surface area contributed by atoms with Gasteiger partial charge in [-0.1, -0.05) is 0 Å². The summed E-state index contributed by atoms with van der Waals surface area (Å²) >= 11 is 0. The number of aryl methyl sites for hydroxylation is 1. The number of hydrogen-bond donors (Lipinski definition) is 2. The largest absolute Gasteiger partial charge is 0.383 e. The number of hydrogen-bond acceptors (Lipinski definition) is 4. The molecule has 0 spiro atoms. The van der Waals surface area contributed by atoms with Crippen LogP contribution < -0.4 is 10.6 Å². The molecule has 0 aromatic carbocycles. The molecule has 8 heteroatoms. The quantitative estimate of drug-likeness (QED) is 0.836. The van der Waals surface area contributed by atoms with Crippen LogP contribution in [0.4, 0.5) is 10.6 Å². The summed E-state index contributed by atoms with van der Waals surface area (Å²) in [6.07, 6.45) is 5.38. The number of ether oxygens (including phenoxy) is 1. The van der Waals surface area contributed by atoms with Crippen molar-refractivity contribution < 1.29 is 9.53 Å². The third-order valence-electron chi connectivity index (χ3n) is 2.98. The van der Waals surface area contributed by atoms with Gasteiger partial charge in [0, 0.05) is 38.2 Å². The molecule has 2 aromatic heterocycles. The Hall–Kier alpha value is -2.35. The molecular formula is C13H20N6O2. The van der Waals surface area contributed by atoms with Gasteiger partial charge < -0.3 is 10.1 Å². The minimum atomic E-state index is -0.302. The third-order valence-corrected chi connectivity index (χ3v) is 2.98. The van der Waals surface area contributed by atoms with Crippen molar-refractivity contribution in [2.45, 2.75) is 19.5 Å². The second-order valence-electron chi connectivity index (χ2n) is 4.72. The van der Waals surface area contributed by atoms with Crippen LogP contribution in [-0.2, 0) is 18.3 Å². The molecular weight excluding hydrogens is 272 g/mol. The topological polar surface area (TPSA) is 86.0 Å². The Kier molecular flexibility index (Phi) is 4.94. The van der Waals surface area contributed by atoms with Crippen LogP contribution in [0.25, 0.3) is 0 Å². The number of carbonyl (C=O) groups is 1. The maximum atomic E-state index is 11.9. The molecule has 2 amide bonds. The van der Waals surface area contributed by atoms with Gasteiger partial charge in [-0.2, -0.15) is 10.2 Å². The van der Waals surface area contributed by atoms with Gasteiger partial charge in [0.1, 0.15) is 0 Å². The number of nitrogens with one attached hydrogen (secondary N) is 2. The van der Waals surface area contributed by atoms with Crippen LogP contribution >= 0.6 is 0 Å². The molecule has 2 heterocycles. The summed E-state index contributed by atoms with van der Waals surface area (Å²) in [6.45, 7) is 3.12. The number of nitrogens with zero attached hydrogens (tertiary/aromatic N) is 4. The van der Waals surface area contributed by atoms with E-state index in [4.69, 9.17) is 4.74 Å². The zero-order valence-corrected chi connectivity index (χ0v) is 12.4. The number of carbonyl (C=O) groups excluding carboxylic acids is 1. The summed E-state index contributed by atoms with van der Waals surface area (Å²) in [5.74, 6) is 0.502. The smallest absolute Gasteiger partial charge is 0.320 e. The van der Waals surface area contributed by atoms with Crippen LogP contribution in [0.2, 0.25) is 0 Å². The summed E-state index contributed by atoms with van der Waals surface area (Å²) < 4.78 is 8.38. The van der Waals surface area contributed by atoms with Gasteiger partial charge >= 0.3 is 6.03 Å². The molecule has 0 saturated carbocycles. The Balaban J connectivity index is 1.85. The van der Waals surface area contributed by atoms with Crippen LogP contribution in [0.3, 0.4) is 0 Å². The van der Waals surface area contributed by atoms with Gasteiger partial charge in [-0.25, -0.2) is 4.79 Å². The molecule has 2 N–H and O–H groups in total. The summed E-state index contributed by atoms with van der Waals surface area (Å²) in [4.78, 5) is 11.9. The minimum absolute atomic E-state index is 0.130. The summed E-state index contributed by atoms with van der Waals surface area (Å²) in [7, 11) is 3.47. The first-order chi connectivity index (χ1) is 10.1. The van der Waals surface area contributed by atoms with Gasteiger partial charge in [0.05, 0.1) is 25.4 Å². The second kappa shape index (κ2) is 6.89. The van der Waals surface area contributed by atoms with Gasteiger partial charge in [0.2, 0.25) is 0 Å². The van der Waals surface area contributed by atoms with E-state index in [0.717, 1.165) is 5.56 Å². The Morgan fingerprint density at radius 3 is 3.00 bits per heavy atom. The highest BCUT2D eigenvalue weighted by atomic mass is 16.5. The number of rotatable bonds is 6. The standard InChI is InChI=1S/C13H20N6O2/c1-10(11-8-14-18(2)9-11)15-13(20)16-12-4-5-19(17-12)6-7-21-3/h4-5,8-10H,6-7H2,1-3H3,(H2,15,16,17,20). The van der Waals surface area contributed by atoms with Crippen molar-refractivity contribution in [3.63, 3.8) is 0 Å². The second-order valence-corrected chi connectivity index (χ2v) is 4.72. The molecule has 0 aliphatic carbocycles. The van der Waals surface area contributed by atoms with Crippen molar-refractivity contribution in [2.75, 3.05) is 19.0 Å². The van der Waals surface area contributed by atoms with Crippen LogP contribution in [0, 0.1) is 0 Å². The van der Waals surface area contributed by atoms with Crippen LogP contribution in [0.5, 0.6) is 0 Å². The molecule has 8 nitrogen and oxygen atoms in total. The fraction of sp³-hybridized carbons (Fsp3) is 0.462. The molecule has 2 rings (SSSR count). The van der Waals surface area contributed by atoms with E-state index in [1.165, 1.54) is 0 Å². The van der Waals surface area contributed by atoms with Crippen LogP contribution in [0.15, 0.2) is 24.7 Å². The molecule has 114 valence electrons. The van der Waals surface area contributed by atoms with E-state index >= 15 is 0 Å². The molecule has 0 aliphatic rings. The first-order valence-electron chi connectivity index (χ1n) is 6.67. The first-order valence-corrected chi connectivity index (χ1v) is 6.67. The predicted molar refractivity (Wildman–Crippen MR) is 77.9 cm³/mol. The van der Waals surface area contributed by atoms with Gasteiger partial charge in [0.15, 0.2) is 5.82 Å². The van der Waals surface area contributed by atoms with Crippen molar-refractivity contribution in [1.82, 2.24) is 24.9 Å². The third kappa shape index (κ3) is 4.32. The highest BCUT2D eigenvalue weighted by molar-refractivity contribution is 5.88. The summed E-state index contributed by atoms with van der Waals surface area (Å²) in [5.41, 5.74) is 0.943. The van der Waals surface area contributed by atoms with Crippen molar-refractivity contribution in [2.24, 2.45) is 7.05 Å². The summed E-state index contributed by atoms with van der Waals surface area (Å²) in [6, 6.07) is 1.31. The van der Waals surface area contributed by atoms with Crippen molar-refractivity contribution in [1.29, 1.82) is 0 Å². The lowest BCUT2D eigenvalue weighted by atomic mass is 10.2. The Labute approximate surface area is 123 Å². The number of methoxy groups -OCH3 is 1. The Morgan fingerprint density at radius 1 is 1.52 bits per heavy atom. The maximum absolute atomic E-state index is 11.9. The van der Waals surface area contributed by atoms with Gasteiger partial charge in [-0.05, 0) is 6.92 Å². The van der Waals surface area contributed by atoms with E-state index in [0.29, 0.717) is 19.0 Å². The molecule has 0 bridgehead atoms. The lowest BCUT2D eigenvalue weighted by Gasteiger charge is -2.12. The Morgan fingerprint density at radius 2 is 2.33 bits per heavy atom. The molecule has 0 radical (unpaired) electrons. The van der Waals surface area contributed by atoms with Crippen molar-refractivity contribution >= 4 is 11.8 Å². The zero-order chi connectivity index (χ0) is 15.2. The molecule has 1 unspecified atom stereocenters. The molecule has 0 saturated heterocycles. The fourth-order valence-corrected chi connectivity index (χ4v) is 1.83. The molecule has 1 atom stereocenters. The minimum Gasteiger partial charge on any atom is -0.383 e. The fourth-order valence-electron chi connectivity index (χ4n) is 1.83. The first kappa shape index (κ1) is 15.0. The molecule has 21 heavy (non-hydrogen) atoms.